The number of hydrogen-bond acceptors (Lipinski definition) is 2. The van der Waals surface area contributed by atoms with Crippen molar-refractivity contribution in [3.8, 4) is 5.75 Å². The Hall–Kier alpha value is -1.57. The summed E-state index contributed by atoms with van der Waals surface area (Å²) in [5.41, 5.74) is 3.00. The summed E-state index contributed by atoms with van der Waals surface area (Å²) in [6.07, 6.45) is 2.75. The Kier molecular flexibility index (Phi) is 2.82. The van der Waals surface area contributed by atoms with Gasteiger partial charge in [-0.3, -0.25) is 4.98 Å². The van der Waals surface area contributed by atoms with Gasteiger partial charge < -0.3 is 5.11 Å². The summed E-state index contributed by atoms with van der Waals surface area (Å²) in [5.74, 6) is 0.678. The molecule has 0 radical (unpaired) electrons. The van der Waals surface area contributed by atoms with Crippen LogP contribution in [-0.2, 0) is 6.42 Å². The quantitative estimate of drug-likeness (QED) is 0.829. The van der Waals surface area contributed by atoms with Crippen molar-refractivity contribution in [3.05, 3.63) is 35.5 Å². The van der Waals surface area contributed by atoms with Crippen LogP contribution in [0.25, 0.3) is 10.9 Å². The molecule has 0 bridgehead atoms. The van der Waals surface area contributed by atoms with Crippen LogP contribution in [0.15, 0.2) is 24.4 Å². The van der Waals surface area contributed by atoms with Gasteiger partial charge in [0.25, 0.3) is 0 Å². The molecule has 2 aromatic rings. The monoisotopic (exact) mass is 215 g/mol. The fraction of sp³-hybridized carbons (Fsp3) is 0.357. The molecule has 1 N–H and O–H groups in total. The van der Waals surface area contributed by atoms with E-state index in [0.29, 0.717) is 11.7 Å². The van der Waals surface area contributed by atoms with Crippen molar-refractivity contribution >= 4 is 10.9 Å². The van der Waals surface area contributed by atoms with E-state index in [-0.39, 0.29) is 0 Å². The lowest BCUT2D eigenvalue weighted by Crippen LogP contribution is -1.92. The number of hydrogen-bond donors (Lipinski definition) is 1. The minimum atomic E-state index is 0.294. The zero-order valence-corrected chi connectivity index (χ0v) is 9.99. The van der Waals surface area contributed by atoms with E-state index in [1.54, 1.807) is 6.20 Å². The third kappa shape index (κ3) is 1.75. The van der Waals surface area contributed by atoms with E-state index < -0.39 is 0 Å². The Morgan fingerprint density at radius 2 is 2.06 bits per heavy atom. The second kappa shape index (κ2) is 4.12. The third-order valence-corrected chi connectivity index (χ3v) is 2.96. The smallest absolute Gasteiger partial charge is 0.129 e. The third-order valence-electron chi connectivity index (χ3n) is 2.96. The molecule has 1 aromatic heterocycles. The van der Waals surface area contributed by atoms with Crippen LogP contribution in [0.2, 0.25) is 0 Å². The van der Waals surface area contributed by atoms with Gasteiger partial charge in [-0.1, -0.05) is 26.8 Å². The van der Waals surface area contributed by atoms with Crippen molar-refractivity contribution in [2.75, 3.05) is 0 Å². The van der Waals surface area contributed by atoms with Crippen molar-refractivity contribution in [1.29, 1.82) is 0 Å². The molecule has 16 heavy (non-hydrogen) atoms. The van der Waals surface area contributed by atoms with E-state index in [9.17, 15) is 5.11 Å². The van der Waals surface area contributed by atoms with Crippen LogP contribution in [-0.4, -0.2) is 10.1 Å². The molecule has 0 aliphatic heterocycles. The van der Waals surface area contributed by atoms with E-state index in [2.05, 4.69) is 31.8 Å². The zero-order chi connectivity index (χ0) is 11.7. The highest BCUT2D eigenvalue weighted by Gasteiger charge is 2.10. The molecule has 0 spiro atoms. The minimum absolute atomic E-state index is 0.294. The molecule has 0 saturated heterocycles. The highest BCUT2D eigenvalue weighted by molar-refractivity contribution is 5.86. The van der Waals surface area contributed by atoms with Crippen LogP contribution in [0.5, 0.6) is 5.75 Å². The molecule has 1 aromatic carbocycles. The summed E-state index contributed by atoms with van der Waals surface area (Å²) in [7, 11) is 0. The van der Waals surface area contributed by atoms with Gasteiger partial charge in [0.15, 0.2) is 0 Å². The molecule has 2 heteroatoms. The Bertz CT molecular complexity index is 517. The standard InChI is InChI=1S/C14H17NO/c1-4-10-5-6-13-11(7-10)14(16)12(8-15-13)9(2)3/h5-9H,4H2,1-3H3,(H,15,16). The van der Waals surface area contributed by atoms with Gasteiger partial charge >= 0.3 is 0 Å². The number of pyridine rings is 1. The molecule has 0 fully saturated rings. The second-order valence-corrected chi connectivity index (χ2v) is 4.42. The number of rotatable bonds is 2. The van der Waals surface area contributed by atoms with Crippen LogP contribution in [0.4, 0.5) is 0 Å². The molecule has 0 saturated carbocycles. The lowest BCUT2D eigenvalue weighted by atomic mass is 10.0. The molecular formula is C14H17NO. The van der Waals surface area contributed by atoms with Crippen molar-refractivity contribution in [2.24, 2.45) is 0 Å². The summed E-state index contributed by atoms with van der Waals surface area (Å²) in [6.45, 7) is 6.23. The number of aromatic hydroxyl groups is 1. The van der Waals surface area contributed by atoms with Gasteiger partial charge in [0, 0.05) is 17.1 Å². The maximum Gasteiger partial charge on any atom is 0.129 e. The Morgan fingerprint density at radius 1 is 1.31 bits per heavy atom. The van der Waals surface area contributed by atoms with Crippen LogP contribution in [0, 0.1) is 0 Å². The SMILES string of the molecule is CCc1ccc2ncc(C(C)C)c(O)c2c1. The largest absolute Gasteiger partial charge is 0.507 e. The molecule has 0 atom stereocenters. The van der Waals surface area contributed by atoms with E-state index in [1.165, 1.54) is 5.56 Å². The molecule has 0 amide bonds. The molecule has 1 heterocycles. The molecule has 0 unspecified atom stereocenters. The van der Waals surface area contributed by atoms with Gasteiger partial charge in [-0.2, -0.15) is 0 Å². The van der Waals surface area contributed by atoms with Crippen molar-refractivity contribution in [2.45, 2.75) is 33.1 Å². The number of nitrogens with zero attached hydrogens (tertiary/aromatic N) is 1. The van der Waals surface area contributed by atoms with Crippen molar-refractivity contribution in [3.63, 3.8) is 0 Å². The summed E-state index contributed by atoms with van der Waals surface area (Å²) >= 11 is 0. The molecule has 2 rings (SSSR count). The average Bonchev–Trinajstić information content (AvgIpc) is 2.28. The summed E-state index contributed by atoms with van der Waals surface area (Å²) < 4.78 is 0. The van der Waals surface area contributed by atoms with Crippen molar-refractivity contribution in [1.82, 2.24) is 4.98 Å². The average molecular weight is 215 g/mol. The van der Waals surface area contributed by atoms with Gasteiger partial charge in [-0.05, 0) is 30.0 Å². The summed E-state index contributed by atoms with van der Waals surface area (Å²) in [5, 5.41) is 11.1. The van der Waals surface area contributed by atoms with E-state index in [1.807, 2.05) is 12.1 Å². The summed E-state index contributed by atoms with van der Waals surface area (Å²) in [4.78, 5) is 4.38. The number of benzene rings is 1. The zero-order valence-electron chi connectivity index (χ0n) is 9.99. The molecular weight excluding hydrogens is 198 g/mol. The van der Waals surface area contributed by atoms with Gasteiger partial charge in [0.05, 0.1) is 5.52 Å². The van der Waals surface area contributed by atoms with Gasteiger partial charge in [-0.15, -0.1) is 0 Å². The topological polar surface area (TPSA) is 33.1 Å². The molecule has 0 aliphatic rings. The molecule has 0 aliphatic carbocycles. The van der Waals surface area contributed by atoms with E-state index in [0.717, 1.165) is 22.9 Å². The van der Waals surface area contributed by atoms with Crippen molar-refractivity contribution < 1.29 is 5.11 Å². The number of aromatic nitrogens is 1. The normalized spacial score (nSPS) is 11.2. The van der Waals surface area contributed by atoms with Crippen LogP contribution >= 0.6 is 0 Å². The number of fused-ring (bicyclic) bond motifs is 1. The fourth-order valence-electron chi connectivity index (χ4n) is 1.88. The maximum atomic E-state index is 10.2. The van der Waals surface area contributed by atoms with Gasteiger partial charge in [0.1, 0.15) is 5.75 Å². The Morgan fingerprint density at radius 3 is 2.69 bits per heavy atom. The first-order chi connectivity index (χ1) is 7.63. The predicted octanol–water partition coefficient (Wildman–Crippen LogP) is 3.63. The van der Waals surface area contributed by atoms with Crippen LogP contribution in [0.3, 0.4) is 0 Å². The van der Waals surface area contributed by atoms with Crippen LogP contribution in [0.1, 0.15) is 37.8 Å². The first-order valence-corrected chi connectivity index (χ1v) is 5.74. The molecule has 84 valence electrons. The fourth-order valence-corrected chi connectivity index (χ4v) is 1.88. The maximum absolute atomic E-state index is 10.2. The number of aryl methyl sites for hydroxylation is 1. The first kappa shape index (κ1) is 10.9. The molecule has 2 nitrogen and oxygen atoms in total. The van der Waals surface area contributed by atoms with Gasteiger partial charge in [-0.25, -0.2) is 0 Å². The Balaban J connectivity index is 2.70. The van der Waals surface area contributed by atoms with Crippen LogP contribution < -0.4 is 0 Å². The lowest BCUT2D eigenvalue weighted by molar-refractivity contribution is 0.470. The predicted molar refractivity (Wildman–Crippen MR) is 66.9 cm³/mol. The van der Waals surface area contributed by atoms with Gasteiger partial charge in [0.2, 0.25) is 0 Å². The minimum Gasteiger partial charge on any atom is -0.507 e. The lowest BCUT2D eigenvalue weighted by Gasteiger charge is -2.10. The second-order valence-electron chi connectivity index (χ2n) is 4.42. The highest BCUT2D eigenvalue weighted by Crippen LogP contribution is 2.32. The first-order valence-electron chi connectivity index (χ1n) is 5.74. The summed E-state index contributed by atoms with van der Waals surface area (Å²) in [6, 6.07) is 6.06. The van der Waals surface area contributed by atoms with E-state index in [4.69, 9.17) is 0 Å². The highest BCUT2D eigenvalue weighted by atomic mass is 16.3. The van der Waals surface area contributed by atoms with E-state index >= 15 is 0 Å². The Labute approximate surface area is 96.0 Å².